The van der Waals surface area contributed by atoms with E-state index >= 15 is 0 Å². The molecule has 3 aliphatic heterocycles. The molecule has 7 rings (SSSR count). The Kier molecular flexibility index (Phi) is 9.17. The monoisotopic (exact) mass is 716 g/mol. The summed E-state index contributed by atoms with van der Waals surface area (Å²) in [7, 11) is 1.42. The number of aliphatic carboxylic acids is 1. The first-order chi connectivity index (χ1) is 23.8. The SMILES string of the molecule is COC(=O)N1CC(N2CCC(C3=NC(C)c4ncc(-c5nc6cc(C)c([C@H](OC(C)(C)C)C(=O)O)c(-c7ccc(Cl)cc7)c6s5)nc43)CC2)C1. The number of thiazole rings is 1. The van der Waals surface area contributed by atoms with Gasteiger partial charge in [-0.05, 0) is 89.9 Å². The quantitative estimate of drug-likeness (QED) is 0.209. The number of carbonyl (C=O) groups excluding carboxylic acids is 1. The maximum absolute atomic E-state index is 12.7. The molecule has 2 atom stereocenters. The Hall–Kier alpha value is -3.97. The molecule has 1 N–H and O–H groups in total. The minimum Gasteiger partial charge on any atom is -0.479 e. The molecule has 1 unspecified atom stereocenters. The molecule has 3 aliphatic rings. The number of nitrogens with zero attached hydrogens (tertiary/aromatic N) is 6. The standard InChI is InChI=1S/C37H41ClN6O5S/c1-19-15-25-33(28(21-7-9-23(38)10-8-21)27(19)32(35(45)46)49-37(3,4)5)50-34(42-25)26-16-39-29-20(2)40-30(31(29)41-26)22-11-13-43(14-12-22)24-17-44(18-24)36(47)48-6/h7-10,15-16,20,22,24,32H,11-14,17-18H2,1-6H3,(H,45,46)/t20?,32-/m0/s1. The largest absolute Gasteiger partial charge is 0.479 e. The highest BCUT2D eigenvalue weighted by atomic mass is 35.5. The molecule has 262 valence electrons. The van der Waals surface area contributed by atoms with Gasteiger partial charge in [-0.2, -0.15) is 0 Å². The Balaban J connectivity index is 1.22. The highest BCUT2D eigenvalue weighted by Gasteiger charge is 2.39. The molecule has 13 heteroatoms. The molecule has 2 saturated heterocycles. The number of fused-ring (bicyclic) bond motifs is 2. The van der Waals surface area contributed by atoms with Gasteiger partial charge >= 0.3 is 12.1 Å². The third kappa shape index (κ3) is 6.50. The van der Waals surface area contributed by atoms with Crippen LogP contribution in [-0.4, -0.2) is 92.6 Å². The average Bonchev–Trinajstić information content (AvgIpc) is 3.63. The fourth-order valence-corrected chi connectivity index (χ4v) is 8.48. The number of carboxylic acids is 1. The van der Waals surface area contributed by atoms with E-state index in [0.29, 0.717) is 40.4 Å². The molecular weight excluding hydrogens is 676 g/mol. The number of benzene rings is 2. The van der Waals surface area contributed by atoms with Crippen LogP contribution in [0.1, 0.15) is 75.2 Å². The fourth-order valence-electron chi connectivity index (χ4n) is 7.28. The lowest BCUT2D eigenvalue weighted by molar-refractivity contribution is -0.160. The Morgan fingerprint density at radius 1 is 1.10 bits per heavy atom. The summed E-state index contributed by atoms with van der Waals surface area (Å²) >= 11 is 7.74. The van der Waals surface area contributed by atoms with E-state index in [2.05, 4.69) is 11.8 Å². The van der Waals surface area contributed by atoms with Gasteiger partial charge in [-0.1, -0.05) is 23.7 Å². The summed E-state index contributed by atoms with van der Waals surface area (Å²) < 4.78 is 11.9. The van der Waals surface area contributed by atoms with Crippen LogP contribution >= 0.6 is 22.9 Å². The Morgan fingerprint density at radius 3 is 2.44 bits per heavy atom. The molecule has 0 bridgehead atoms. The van der Waals surface area contributed by atoms with Crippen LogP contribution in [0.2, 0.25) is 5.02 Å². The molecule has 11 nitrogen and oxygen atoms in total. The first-order valence-corrected chi connectivity index (χ1v) is 18.1. The number of likely N-dealkylation sites (tertiary alicyclic amines) is 2. The lowest BCUT2D eigenvalue weighted by Crippen LogP contribution is -2.62. The van der Waals surface area contributed by atoms with Crippen molar-refractivity contribution in [3.63, 3.8) is 0 Å². The molecule has 2 aromatic carbocycles. The summed E-state index contributed by atoms with van der Waals surface area (Å²) in [5.74, 6) is -0.793. The minimum absolute atomic E-state index is 0.0762. The van der Waals surface area contributed by atoms with E-state index in [1.54, 1.807) is 23.2 Å². The highest BCUT2D eigenvalue weighted by Crippen LogP contribution is 2.45. The van der Waals surface area contributed by atoms with Gasteiger partial charge in [0, 0.05) is 41.2 Å². The number of hydrogen-bond acceptors (Lipinski definition) is 10. The molecule has 0 saturated carbocycles. The van der Waals surface area contributed by atoms with E-state index in [-0.39, 0.29) is 18.1 Å². The van der Waals surface area contributed by atoms with Gasteiger partial charge in [-0.25, -0.2) is 19.6 Å². The van der Waals surface area contributed by atoms with Crippen molar-refractivity contribution in [1.29, 1.82) is 0 Å². The maximum Gasteiger partial charge on any atom is 0.409 e. The zero-order valence-corrected chi connectivity index (χ0v) is 30.6. The van der Waals surface area contributed by atoms with Gasteiger partial charge in [0.1, 0.15) is 16.4 Å². The third-order valence-electron chi connectivity index (χ3n) is 9.74. The zero-order chi connectivity index (χ0) is 35.5. The van der Waals surface area contributed by atoms with Crippen molar-refractivity contribution in [2.75, 3.05) is 33.3 Å². The van der Waals surface area contributed by atoms with E-state index in [1.165, 1.54) is 18.4 Å². The average molecular weight is 717 g/mol. The molecule has 2 fully saturated rings. The topological polar surface area (TPSA) is 130 Å². The van der Waals surface area contributed by atoms with Gasteiger partial charge in [0.15, 0.2) is 6.10 Å². The second-order valence-electron chi connectivity index (χ2n) is 14.3. The lowest BCUT2D eigenvalue weighted by atomic mass is 9.89. The van der Waals surface area contributed by atoms with Gasteiger partial charge < -0.3 is 19.5 Å². The van der Waals surface area contributed by atoms with Gasteiger partial charge in [-0.15, -0.1) is 11.3 Å². The van der Waals surface area contributed by atoms with Crippen LogP contribution in [0, 0.1) is 12.8 Å². The number of piperidine rings is 1. The normalized spacial score (nSPS) is 19.3. The molecular formula is C37H41ClN6O5S. The van der Waals surface area contributed by atoms with Crippen LogP contribution < -0.4 is 0 Å². The molecule has 2 aromatic heterocycles. The first kappa shape index (κ1) is 34.5. The predicted octanol–water partition coefficient (Wildman–Crippen LogP) is 7.35. The minimum atomic E-state index is -1.20. The summed E-state index contributed by atoms with van der Waals surface area (Å²) in [5, 5.41) is 11.7. The van der Waals surface area contributed by atoms with Crippen LogP contribution in [0.5, 0.6) is 0 Å². The predicted molar refractivity (Wildman–Crippen MR) is 194 cm³/mol. The summed E-state index contributed by atoms with van der Waals surface area (Å²) in [6, 6.07) is 9.64. The van der Waals surface area contributed by atoms with Crippen molar-refractivity contribution in [2.24, 2.45) is 10.9 Å². The van der Waals surface area contributed by atoms with Crippen molar-refractivity contribution >= 4 is 50.9 Å². The summed E-state index contributed by atoms with van der Waals surface area (Å²) in [6.07, 6.45) is 2.23. The van der Waals surface area contributed by atoms with E-state index in [1.807, 2.05) is 45.9 Å². The maximum atomic E-state index is 12.7. The van der Waals surface area contributed by atoms with Gasteiger partial charge in [0.05, 0.1) is 46.6 Å². The summed E-state index contributed by atoms with van der Waals surface area (Å²) in [4.78, 5) is 48.9. The Morgan fingerprint density at radius 2 is 1.80 bits per heavy atom. The highest BCUT2D eigenvalue weighted by molar-refractivity contribution is 7.22. The van der Waals surface area contributed by atoms with Crippen molar-refractivity contribution in [3.05, 3.63) is 64.1 Å². The molecule has 0 aliphatic carbocycles. The van der Waals surface area contributed by atoms with Crippen LogP contribution in [0.25, 0.3) is 32.0 Å². The van der Waals surface area contributed by atoms with E-state index in [0.717, 1.165) is 69.9 Å². The number of aromatic nitrogens is 3. The third-order valence-corrected chi connectivity index (χ3v) is 11.1. The smallest absolute Gasteiger partial charge is 0.409 e. The molecule has 4 aromatic rings. The zero-order valence-electron chi connectivity index (χ0n) is 29.1. The van der Waals surface area contributed by atoms with Crippen molar-refractivity contribution in [1.82, 2.24) is 24.8 Å². The number of aryl methyl sites for hydroxylation is 1. The molecule has 50 heavy (non-hydrogen) atoms. The second-order valence-corrected chi connectivity index (χ2v) is 15.8. The van der Waals surface area contributed by atoms with Crippen LogP contribution in [-0.2, 0) is 14.3 Å². The number of halogens is 1. The molecule has 1 amide bonds. The molecule has 0 radical (unpaired) electrons. The molecule has 0 spiro atoms. The number of aliphatic imine (C=N–C) groups is 1. The van der Waals surface area contributed by atoms with E-state index in [4.69, 9.17) is 41.0 Å². The molecule has 5 heterocycles. The van der Waals surface area contributed by atoms with Crippen LogP contribution in [0.15, 0.2) is 41.5 Å². The van der Waals surface area contributed by atoms with E-state index < -0.39 is 17.7 Å². The van der Waals surface area contributed by atoms with Gasteiger partial charge in [0.25, 0.3) is 0 Å². The van der Waals surface area contributed by atoms with Crippen molar-refractivity contribution in [2.45, 2.75) is 71.2 Å². The number of amides is 1. The fraction of sp³-hybridized carbons (Fsp3) is 0.459. The van der Waals surface area contributed by atoms with E-state index in [9.17, 15) is 14.7 Å². The first-order valence-electron chi connectivity index (χ1n) is 16.9. The number of methoxy groups -OCH3 is 1. The number of carboxylic acid groups (broad SMARTS) is 1. The number of hydrogen-bond donors (Lipinski definition) is 1. The van der Waals surface area contributed by atoms with Gasteiger partial charge in [-0.3, -0.25) is 14.9 Å². The van der Waals surface area contributed by atoms with Crippen LogP contribution in [0.4, 0.5) is 4.79 Å². The Bertz CT molecular complexity index is 1990. The number of ether oxygens (including phenoxy) is 2. The summed E-state index contributed by atoms with van der Waals surface area (Å²) in [5.41, 5.74) is 6.38. The second kappa shape index (κ2) is 13.3. The number of carbonyl (C=O) groups is 2. The van der Waals surface area contributed by atoms with Gasteiger partial charge in [0.2, 0.25) is 0 Å². The number of rotatable bonds is 7. The van der Waals surface area contributed by atoms with Crippen LogP contribution in [0.3, 0.4) is 0 Å². The Labute approximate surface area is 300 Å². The summed E-state index contributed by atoms with van der Waals surface area (Å²) in [6.45, 7) is 12.8. The lowest BCUT2D eigenvalue weighted by Gasteiger charge is -2.46. The van der Waals surface area contributed by atoms with Crippen molar-refractivity contribution < 1.29 is 24.2 Å². The van der Waals surface area contributed by atoms with Crippen molar-refractivity contribution in [3.8, 4) is 21.8 Å².